The zero-order chi connectivity index (χ0) is 16.9. The van der Waals surface area contributed by atoms with Gasteiger partial charge in [0.25, 0.3) is 5.91 Å². The van der Waals surface area contributed by atoms with Crippen molar-refractivity contribution in [1.29, 1.82) is 0 Å². The van der Waals surface area contributed by atoms with Crippen LogP contribution in [0.1, 0.15) is 15.9 Å². The van der Waals surface area contributed by atoms with Crippen LogP contribution in [-0.2, 0) is 6.54 Å². The molecule has 1 N–H and O–H groups in total. The Labute approximate surface area is 153 Å². The molecule has 1 aromatic heterocycles. The van der Waals surface area contributed by atoms with Crippen LogP contribution in [0.5, 0.6) is 5.75 Å². The van der Waals surface area contributed by atoms with Crippen molar-refractivity contribution in [3.05, 3.63) is 75.6 Å². The van der Waals surface area contributed by atoms with Gasteiger partial charge in [-0.05, 0) is 52.4 Å². The second-order valence-corrected chi connectivity index (χ2v) is 6.37. The van der Waals surface area contributed by atoms with Crippen LogP contribution < -0.4 is 10.1 Å². The molecule has 0 aliphatic rings. The lowest BCUT2D eigenvalue weighted by Crippen LogP contribution is -2.12. The molecular formula is C18H16IN3O2. The number of rotatable bonds is 5. The largest absolute Gasteiger partial charge is 0.497 e. The highest BCUT2D eigenvalue weighted by atomic mass is 127. The molecule has 1 amide bonds. The Morgan fingerprint density at radius 3 is 2.88 bits per heavy atom. The van der Waals surface area contributed by atoms with Gasteiger partial charge in [-0.2, -0.15) is 5.10 Å². The summed E-state index contributed by atoms with van der Waals surface area (Å²) in [6, 6.07) is 15.3. The van der Waals surface area contributed by atoms with Crippen molar-refractivity contribution in [2.45, 2.75) is 6.54 Å². The lowest BCUT2D eigenvalue weighted by molar-refractivity contribution is 0.102. The number of carbonyl (C=O) groups excluding carboxylic acids is 1. The minimum Gasteiger partial charge on any atom is -0.497 e. The van der Waals surface area contributed by atoms with Gasteiger partial charge in [0.2, 0.25) is 0 Å². The van der Waals surface area contributed by atoms with E-state index in [1.165, 1.54) is 0 Å². The van der Waals surface area contributed by atoms with Crippen LogP contribution in [-0.4, -0.2) is 22.8 Å². The third kappa shape index (κ3) is 3.94. The van der Waals surface area contributed by atoms with Crippen molar-refractivity contribution in [2.24, 2.45) is 0 Å². The minimum absolute atomic E-state index is 0.138. The Morgan fingerprint density at radius 2 is 2.08 bits per heavy atom. The number of carbonyl (C=O) groups is 1. The van der Waals surface area contributed by atoms with E-state index in [0.29, 0.717) is 17.8 Å². The third-order valence-corrected chi connectivity index (χ3v) is 4.43. The van der Waals surface area contributed by atoms with Gasteiger partial charge >= 0.3 is 0 Å². The fraction of sp³-hybridized carbons (Fsp3) is 0.111. The number of halogens is 1. The number of benzene rings is 2. The van der Waals surface area contributed by atoms with Gasteiger partial charge in [0, 0.05) is 9.77 Å². The first-order valence-corrected chi connectivity index (χ1v) is 8.45. The number of hydrogen-bond acceptors (Lipinski definition) is 3. The summed E-state index contributed by atoms with van der Waals surface area (Å²) < 4.78 is 7.91. The van der Waals surface area contributed by atoms with E-state index < -0.39 is 0 Å². The highest BCUT2D eigenvalue weighted by Crippen LogP contribution is 2.16. The molecular weight excluding hydrogens is 417 g/mol. The van der Waals surface area contributed by atoms with E-state index in [0.717, 1.165) is 14.9 Å². The molecule has 0 aliphatic carbocycles. The molecule has 24 heavy (non-hydrogen) atoms. The number of hydrogen-bond donors (Lipinski definition) is 1. The summed E-state index contributed by atoms with van der Waals surface area (Å²) in [6.07, 6.45) is 3.46. The molecule has 0 spiro atoms. The van der Waals surface area contributed by atoms with Crippen molar-refractivity contribution < 1.29 is 9.53 Å². The van der Waals surface area contributed by atoms with Crippen molar-refractivity contribution in [1.82, 2.24) is 9.78 Å². The van der Waals surface area contributed by atoms with Crippen LogP contribution in [0.25, 0.3) is 0 Å². The number of nitrogens with zero attached hydrogens (tertiary/aromatic N) is 2. The van der Waals surface area contributed by atoms with E-state index >= 15 is 0 Å². The van der Waals surface area contributed by atoms with E-state index in [-0.39, 0.29) is 5.91 Å². The van der Waals surface area contributed by atoms with Gasteiger partial charge < -0.3 is 10.1 Å². The van der Waals surface area contributed by atoms with E-state index in [1.54, 1.807) is 24.1 Å². The number of nitrogens with one attached hydrogen (secondary N) is 1. The third-order valence-electron chi connectivity index (χ3n) is 3.49. The molecule has 5 nitrogen and oxygen atoms in total. The van der Waals surface area contributed by atoms with Crippen LogP contribution in [0.2, 0.25) is 0 Å². The molecule has 0 saturated carbocycles. The van der Waals surface area contributed by atoms with Crippen LogP contribution >= 0.6 is 22.6 Å². The first-order chi connectivity index (χ1) is 11.7. The van der Waals surface area contributed by atoms with E-state index in [9.17, 15) is 4.79 Å². The second kappa shape index (κ2) is 7.48. The summed E-state index contributed by atoms with van der Waals surface area (Å²) in [6.45, 7) is 0.607. The molecule has 0 atom stereocenters. The molecule has 1 heterocycles. The summed E-state index contributed by atoms with van der Waals surface area (Å²) in [5.41, 5.74) is 2.40. The summed E-state index contributed by atoms with van der Waals surface area (Å²) in [5.74, 6) is 0.674. The van der Waals surface area contributed by atoms with Gasteiger partial charge in [-0.3, -0.25) is 9.48 Å². The fourth-order valence-electron chi connectivity index (χ4n) is 2.32. The van der Waals surface area contributed by atoms with Crippen LogP contribution in [0, 0.1) is 3.57 Å². The molecule has 2 aromatic carbocycles. The van der Waals surface area contributed by atoms with Gasteiger partial charge in [0.05, 0.1) is 31.1 Å². The highest BCUT2D eigenvalue weighted by molar-refractivity contribution is 14.1. The molecule has 0 fully saturated rings. The molecule has 3 aromatic rings. The second-order valence-electron chi connectivity index (χ2n) is 5.21. The average molecular weight is 433 g/mol. The summed E-state index contributed by atoms with van der Waals surface area (Å²) >= 11 is 2.15. The number of methoxy groups -OCH3 is 1. The topological polar surface area (TPSA) is 56.1 Å². The summed E-state index contributed by atoms with van der Waals surface area (Å²) in [4.78, 5) is 12.3. The number of amides is 1. The molecule has 0 radical (unpaired) electrons. The van der Waals surface area contributed by atoms with Gasteiger partial charge in [-0.15, -0.1) is 0 Å². The molecule has 3 rings (SSSR count). The monoisotopic (exact) mass is 433 g/mol. The standard InChI is InChI=1S/C18H16IN3O2/c1-24-15-6-4-5-13(9-15)11-22-12-14(10-20-22)21-18(23)16-7-2-3-8-17(16)19/h2-10,12H,11H2,1H3,(H,21,23). The lowest BCUT2D eigenvalue weighted by Gasteiger charge is -2.05. The van der Waals surface area contributed by atoms with E-state index in [4.69, 9.17) is 4.74 Å². The molecule has 0 bridgehead atoms. The van der Waals surface area contributed by atoms with Gasteiger partial charge in [-0.25, -0.2) is 0 Å². The molecule has 0 unspecified atom stereocenters. The Bertz CT molecular complexity index is 861. The van der Waals surface area contributed by atoms with Gasteiger partial charge in [0.1, 0.15) is 5.75 Å². The normalized spacial score (nSPS) is 10.4. The van der Waals surface area contributed by atoms with Crippen molar-refractivity contribution in [3.63, 3.8) is 0 Å². The number of anilines is 1. The van der Waals surface area contributed by atoms with Crippen LogP contribution in [0.3, 0.4) is 0 Å². The Morgan fingerprint density at radius 1 is 1.25 bits per heavy atom. The minimum atomic E-state index is -0.138. The Hall–Kier alpha value is -2.35. The zero-order valence-corrected chi connectivity index (χ0v) is 15.2. The molecule has 122 valence electrons. The Kier molecular flexibility index (Phi) is 5.14. The lowest BCUT2D eigenvalue weighted by atomic mass is 10.2. The predicted octanol–water partition coefficient (Wildman–Crippen LogP) is 3.80. The highest BCUT2D eigenvalue weighted by Gasteiger charge is 2.10. The van der Waals surface area contributed by atoms with Crippen molar-refractivity contribution in [2.75, 3.05) is 12.4 Å². The fourth-order valence-corrected chi connectivity index (χ4v) is 2.95. The first-order valence-electron chi connectivity index (χ1n) is 7.37. The SMILES string of the molecule is COc1cccc(Cn2cc(NC(=O)c3ccccc3I)cn2)c1. The van der Waals surface area contributed by atoms with Crippen molar-refractivity contribution in [3.8, 4) is 5.75 Å². The maximum Gasteiger partial charge on any atom is 0.256 e. The summed E-state index contributed by atoms with van der Waals surface area (Å²) in [5, 5.41) is 7.17. The predicted molar refractivity (Wildman–Crippen MR) is 101 cm³/mol. The maximum atomic E-state index is 12.3. The zero-order valence-electron chi connectivity index (χ0n) is 13.1. The van der Waals surface area contributed by atoms with Gasteiger partial charge in [-0.1, -0.05) is 24.3 Å². The number of aromatic nitrogens is 2. The van der Waals surface area contributed by atoms with Gasteiger partial charge in [0.15, 0.2) is 0 Å². The average Bonchev–Trinajstić information content (AvgIpc) is 3.02. The molecule has 0 saturated heterocycles. The first kappa shape index (κ1) is 16.5. The summed E-state index contributed by atoms with van der Waals surface area (Å²) in [7, 11) is 1.64. The van der Waals surface area contributed by atoms with Crippen LogP contribution in [0.15, 0.2) is 60.9 Å². The Balaban J connectivity index is 1.69. The maximum absolute atomic E-state index is 12.3. The quantitative estimate of drug-likeness (QED) is 0.623. The smallest absolute Gasteiger partial charge is 0.256 e. The number of ether oxygens (including phenoxy) is 1. The molecule has 0 aliphatic heterocycles. The van der Waals surface area contributed by atoms with Crippen LogP contribution in [0.4, 0.5) is 5.69 Å². The molecule has 6 heteroatoms. The van der Waals surface area contributed by atoms with E-state index in [1.807, 2.05) is 48.7 Å². The van der Waals surface area contributed by atoms with Crippen molar-refractivity contribution >= 4 is 34.2 Å². The van der Waals surface area contributed by atoms with E-state index in [2.05, 4.69) is 33.0 Å².